The summed E-state index contributed by atoms with van der Waals surface area (Å²) in [6, 6.07) is 0. The maximum Gasteiger partial charge on any atom is 0.246 e. The average Bonchev–Trinajstić information content (AvgIpc) is 2.88. The Morgan fingerprint density at radius 2 is 1.50 bits per heavy atom. The molecule has 0 aliphatic carbocycles. The van der Waals surface area contributed by atoms with Gasteiger partial charge in [0.1, 0.15) is 18.8 Å². The Labute approximate surface area is 190 Å². The van der Waals surface area contributed by atoms with Gasteiger partial charge in [0.2, 0.25) is 10.0 Å². The third kappa shape index (κ3) is 6.70. The van der Waals surface area contributed by atoms with Gasteiger partial charge in [-0.05, 0) is 37.0 Å². The van der Waals surface area contributed by atoms with Gasteiger partial charge in [-0.15, -0.1) is 11.3 Å². The van der Waals surface area contributed by atoms with Gasteiger partial charge in [0.15, 0.2) is 12.5 Å². The van der Waals surface area contributed by atoms with Crippen molar-refractivity contribution in [2.45, 2.75) is 108 Å². The van der Waals surface area contributed by atoms with E-state index in [0.29, 0.717) is 23.7 Å². The van der Waals surface area contributed by atoms with Crippen LogP contribution in [0.3, 0.4) is 0 Å². The van der Waals surface area contributed by atoms with E-state index in [2.05, 4.69) is 64.0 Å². The summed E-state index contributed by atoms with van der Waals surface area (Å²) in [5, 5.41) is 10.8. The molecule has 10 heteroatoms. The van der Waals surface area contributed by atoms with E-state index in [0.717, 1.165) is 11.3 Å². The topological polar surface area (TPSA) is 88.5 Å². The Hall–Kier alpha value is -0.106. The summed E-state index contributed by atoms with van der Waals surface area (Å²) < 4.78 is 36.2. The zero-order valence-electron chi connectivity index (χ0n) is 20.8. The van der Waals surface area contributed by atoms with E-state index in [1.807, 2.05) is 13.1 Å². The average molecular weight is 495 g/mol. The lowest BCUT2D eigenvalue weighted by molar-refractivity contribution is 0.0780. The summed E-state index contributed by atoms with van der Waals surface area (Å²) >= 11 is 1.05. The Morgan fingerprint density at radius 1 is 1.00 bits per heavy atom. The highest BCUT2D eigenvalue weighted by Crippen LogP contribution is 2.38. The van der Waals surface area contributed by atoms with Crippen LogP contribution in [0.1, 0.15) is 66.1 Å². The molecule has 0 aromatic carbocycles. The third-order valence-electron chi connectivity index (χ3n) is 6.30. The minimum atomic E-state index is -3.75. The van der Waals surface area contributed by atoms with Gasteiger partial charge in [-0.3, -0.25) is 0 Å². The first kappa shape index (κ1) is 27.9. The highest BCUT2D eigenvalue weighted by molar-refractivity contribution is 7.93. The molecule has 0 amide bonds. The van der Waals surface area contributed by atoms with Crippen molar-refractivity contribution < 1.29 is 18.0 Å². The van der Waals surface area contributed by atoms with Crippen LogP contribution in [0.15, 0.2) is 4.21 Å². The zero-order valence-corrected chi connectivity index (χ0v) is 24.5. The molecule has 1 aromatic rings. The van der Waals surface area contributed by atoms with E-state index in [9.17, 15) is 13.5 Å². The monoisotopic (exact) mass is 494 g/mol. The standard InChI is InChI=1S/C20H42N2O4S2Si2/c1-18(2,3)29(9,10)22-28(24,25)16-15(21-17(27-16)20(7,8)23)13-14-26-30(11,12)19(4,5)6/h22-23H,13-14H2,1-12H3. The van der Waals surface area contributed by atoms with Crippen LogP contribution < -0.4 is 4.39 Å². The SMILES string of the molecule is CC(C)(O)c1nc(CCO[Si](C)(C)C(C)(C)C)c(S(=O)(=O)N[Si](C)(C)C(C)(C)C)s1. The maximum absolute atomic E-state index is 13.4. The fourth-order valence-corrected chi connectivity index (χ4v) is 9.81. The van der Waals surface area contributed by atoms with Crippen LogP contribution in [0.5, 0.6) is 0 Å². The van der Waals surface area contributed by atoms with Crippen molar-refractivity contribution in [2.24, 2.45) is 0 Å². The van der Waals surface area contributed by atoms with Gasteiger partial charge in [-0.1, -0.05) is 54.6 Å². The minimum Gasteiger partial charge on any atom is -0.416 e. The number of nitrogens with one attached hydrogen (secondary N) is 1. The predicted octanol–water partition coefficient (Wildman–Crippen LogP) is 5.22. The van der Waals surface area contributed by atoms with Crippen LogP contribution in [0.4, 0.5) is 0 Å². The van der Waals surface area contributed by atoms with Crippen molar-refractivity contribution in [2.75, 3.05) is 6.61 Å². The number of hydrogen-bond acceptors (Lipinski definition) is 6. The molecule has 0 spiro atoms. The van der Waals surface area contributed by atoms with E-state index in [4.69, 9.17) is 4.43 Å². The van der Waals surface area contributed by atoms with Crippen LogP contribution in [0.2, 0.25) is 36.3 Å². The number of thiazole rings is 1. The van der Waals surface area contributed by atoms with E-state index < -0.39 is 32.2 Å². The molecule has 0 fully saturated rings. The lowest BCUT2D eigenvalue weighted by Crippen LogP contribution is -2.54. The number of aromatic nitrogens is 1. The molecule has 0 unspecified atom stereocenters. The summed E-state index contributed by atoms with van der Waals surface area (Å²) in [6.45, 7) is 24.7. The van der Waals surface area contributed by atoms with Crippen molar-refractivity contribution in [3.8, 4) is 0 Å². The minimum absolute atomic E-state index is 0.0755. The fourth-order valence-electron chi connectivity index (χ4n) is 2.12. The molecule has 0 aliphatic heterocycles. The van der Waals surface area contributed by atoms with Crippen LogP contribution in [-0.2, 0) is 26.5 Å². The highest BCUT2D eigenvalue weighted by atomic mass is 32.2. The van der Waals surface area contributed by atoms with E-state index >= 15 is 0 Å². The molecule has 1 heterocycles. The Morgan fingerprint density at radius 3 is 1.90 bits per heavy atom. The normalized spacial score (nSPS) is 15.0. The van der Waals surface area contributed by atoms with Crippen molar-refractivity contribution in [3.05, 3.63) is 10.7 Å². The molecule has 0 bridgehead atoms. The predicted molar refractivity (Wildman–Crippen MR) is 132 cm³/mol. The number of rotatable bonds is 8. The van der Waals surface area contributed by atoms with Crippen molar-refractivity contribution in [1.82, 2.24) is 9.37 Å². The molecular weight excluding hydrogens is 453 g/mol. The van der Waals surface area contributed by atoms with Gasteiger partial charge in [0, 0.05) is 13.0 Å². The molecule has 0 atom stereocenters. The second-order valence-corrected chi connectivity index (χ2v) is 24.7. The van der Waals surface area contributed by atoms with Crippen LogP contribution in [0, 0.1) is 0 Å². The first-order valence-electron chi connectivity index (χ1n) is 10.4. The maximum atomic E-state index is 13.4. The van der Waals surface area contributed by atoms with Gasteiger partial charge in [0.25, 0.3) is 0 Å². The molecule has 0 radical (unpaired) electrons. The van der Waals surface area contributed by atoms with Gasteiger partial charge in [-0.2, -0.15) is 0 Å². The third-order valence-corrected chi connectivity index (χ3v) is 20.5. The largest absolute Gasteiger partial charge is 0.416 e. The van der Waals surface area contributed by atoms with Crippen molar-refractivity contribution >= 4 is 37.9 Å². The Balaban J connectivity index is 3.27. The summed E-state index contributed by atoms with van der Waals surface area (Å²) in [6.07, 6.45) is 0.396. The molecule has 1 aromatic heterocycles. The van der Waals surface area contributed by atoms with Gasteiger partial charge >= 0.3 is 0 Å². The zero-order chi connectivity index (χ0) is 24.0. The summed E-state index contributed by atoms with van der Waals surface area (Å²) in [5.74, 6) is 0. The van der Waals surface area contributed by atoms with Crippen LogP contribution >= 0.6 is 11.3 Å². The van der Waals surface area contributed by atoms with Gasteiger partial charge in [0.05, 0.1) is 5.69 Å². The molecule has 1 rings (SSSR count). The second-order valence-electron chi connectivity index (χ2n) is 11.7. The van der Waals surface area contributed by atoms with Crippen LogP contribution in [0.25, 0.3) is 0 Å². The fraction of sp³-hybridized carbons (Fsp3) is 0.850. The summed E-state index contributed by atoms with van der Waals surface area (Å²) in [5.41, 5.74) is -0.730. The van der Waals surface area contributed by atoms with Crippen molar-refractivity contribution in [1.29, 1.82) is 0 Å². The first-order chi connectivity index (χ1) is 13.0. The lowest BCUT2D eigenvalue weighted by atomic mass is 10.1. The van der Waals surface area contributed by atoms with Gasteiger partial charge < -0.3 is 9.53 Å². The van der Waals surface area contributed by atoms with E-state index in [-0.39, 0.29) is 14.3 Å². The quantitative estimate of drug-likeness (QED) is 0.484. The molecular formula is C20H42N2O4S2Si2. The second kappa shape index (κ2) is 8.68. The lowest BCUT2D eigenvalue weighted by Gasteiger charge is -2.36. The molecule has 6 nitrogen and oxygen atoms in total. The van der Waals surface area contributed by atoms with Gasteiger partial charge in [-0.25, -0.2) is 17.8 Å². The number of nitrogens with zero attached hydrogens (tertiary/aromatic N) is 1. The van der Waals surface area contributed by atoms with Crippen molar-refractivity contribution in [3.63, 3.8) is 0 Å². The van der Waals surface area contributed by atoms with Crippen LogP contribution in [-0.4, -0.2) is 41.7 Å². The molecule has 30 heavy (non-hydrogen) atoms. The Kier molecular flexibility index (Phi) is 8.08. The highest BCUT2D eigenvalue weighted by Gasteiger charge is 2.41. The van der Waals surface area contributed by atoms with E-state index in [1.54, 1.807) is 13.8 Å². The molecule has 2 N–H and O–H groups in total. The molecule has 0 saturated heterocycles. The summed E-state index contributed by atoms with van der Waals surface area (Å²) in [4.78, 5) is 4.52. The smallest absolute Gasteiger partial charge is 0.246 e. The van der Waals surface area contributed by atoms with E-state index in [1.165, 1.54) is 0 Å². The molecule has 176 valence electrons. The molecule has 0 aliphatic rings. The number of sulfonamides is 1. The molecule has 0 saturated carbocycles. The first-order valence-corrected chi connectivity index (χ1v) is 18.6. The number of hydrogen-bond donors (Lipinski definition) is 2. The Bertz CT molecular complexity index is 844. The number of aliphatic hydroxyl groups is 1. The summed E-state index contributed by atoms with van der Waals surface area (Å²) in [7, 11) is -8.01.